The third kappa shape index (κ3) is 2.76. The van der Waals surface area contributed by atoms with Gasteiger partial charge >= 0.3 is 0 Å². The number of carbonyl (C=O) groups excluding carboxylic acids is 1. The van der Waals surface area contributed by atoms with Crippen LogP contribution >= 0.6 is 27.5 Å². The van der Waals surface area contributed by atoms with E-state index in [1.54, 1.807) is 0 Å². The molecule has 0 aliphatic rings. The van der Waals surface area contributed by atoms with Gasteiger partial charge in [-0.25, -0.2) is 0 Å². The highest BCUT2D eigenvalue weighted by Crippen LogP contribution is 2.42. The summed E-state index contributed by atoms with van der Waals surface area (Å²) >= 11 is 9.73. The molecule has 0 amide bonds. The number of fused-ring (bicyclic) bond motifs is 2. The Hall–Kier alpha value is -2.16. The summed E-state index contributed by atoms with van der Waals surface area (Å²) < 4.78 is -1.08. The Labute approximate surface area is 159 Å². The number of rotatable bonds is 3. The van der Waals surface area contributed by atoms with Crippen molar-refractivity contribution in [3.05, 3.63) is 96.1 Å². The minimum absolute atomic E-state index is 0.460. The molecule has 0 saturated carbocycles. The van der Waals surface area contributed by atoms with E-state index in [9.17, 15) is 4.79 Å². The van der Waals surface area contributed by atoms with Crippen molar-refractivity contribution in [2.24, 2.45) is 0 Å². The van der Waals surface area contributed by atoms with Crippen LogP contribution in [0.4, 0.5) is 0 Å². The SMILES string of the molecule is O=C(Cl)C(Br)(c1ccc2ccccc2c1)c1ccc2ccccc2c1. The molecule has 0 unspecified atom stereocenters. The van der Waals surface area contributed by atoms with Gasteiger partial charge in [0, 0.05) is 0 Å². The summed E-state index contributed by atoms with van der Waals surface area (Å²) in [5.41, 5.74) is 1.64. The number of alkyl halides is 1. The van der Waals surface area contributed by atoms with Crippen LogP contribution in [0, 0.1) is 0 Å². The summed E-state index contributed by atoms with van der Waals surface area (Å²) in [7, 11) is 0. The number of halogens is 2. The van der Waals surface area contributed by atoms with Crippen LogP contribution < -0.4 is 0 Å². The third-order valence-electron chi connectivity index (χ3n) is 4.57. The van der Waals surface area contributed by atoms with Crippen molar-refractivity contribution < 1.29 is 4.79 Å². The van der Waals surface area contributed by atoms with Crippen molar-refractivity contribution in [1.29, 1.82) is 0 Å². The van der Waals surface area contributed by atoms with E-state index in [0.29, 0.717) is 0 Å². The van der Waals surface area contributed by atoms with E-state index in [4.69, 9.17) is 11.6 Å². The zero-order valence-electron chi connectivity index (χ0n) is 13.2. The summed E-state index contributed by atoms with van der Waals surface area (Å²) in [6, 6.07) is 28.1. The van der Waals surface area contributed by atoms with Crippen LogP contribution in [-0.4, -0.2) is 5.24 Å². The molecule has 122 valence electrons. The van der Waals surface area contributed by atoms with Crippen LogP contribution in [0.1, 0.15) is 11.1 Å². The molecule has 4 rings (SSSR count). The average Bonchev–Trinajstić information content (AvgIpc) is 2.66. The molecule has 0 aliphatic heterocycles. The number of benzene rings is 4. The van der Waals surface area contributed by atoms with Crippen LogP contribution in [-0.2, 0) is 9.12 Å². The second-order valence-electron chi connectivity index (χ2n) is 6.06. The second-order valence-corrected chi connectivity index (χ2v) is 7.59. The quantitative estimate of drug-likeness (QED) is 0.283. The van der Waals surface area contributed by atoms with Gasteiger partial charge in [0.2, 0.25) is 5.24 Å². The Balaban J connectivity index is 1.94. The molecule has 0 fully saturated rings. The lowest BCUT2D eigenvalue weighted by molar-refractivity contribution is -0.112. The van der Waals surface area contributed by atoms with Crippen molar-refractivity contribution in [3.63, 3.8) is 0 Å². The van der Waals surface area contributed by atoms with E-state index < -0.39 is 9.57 Å². The van der Waals surface area contributed by atoms with Crippen LogP contribution in [0.3, 0.4) is 0 Å². The molecule has 0 aliphatic carbocycles. The van der Waals surface area contributed by atoms with Crippen molar-refractivity contribution >= 4 is 54.3 Å². The number of hydrogen-bond donors (Lipinski definition) is 0. The molecule has 3 heteroatoms. The highest BCUT2D eigenvalue weighted by molar-refractivity contribution is 9.10. The summed E-state index contributed by atoms with van der Waals surface area (Å²) in [5.74, 6) is 0. The first-order valence-electron chi connectivity index (χ1n) is 7.96. The highest BCUT2D eigenvalue weighted by atomic mass is 79.9. The Morgan fingerprint density at radius 3 is 1.48 bits per heavy atom. The fourth-order valence-electron chi connectivity index (χ4n) is 3.20. The van der Waals surface area contributed by atoms with E-state index >= 15 is 0 Å². The van der Waals surface area contributed by atoms with Crippen LogP contribution in [0.2, 0.25) is 0 Å². The summed E-state index contributed by atoms with van der Waals surface area (Å²) in [5, 5.41) is 3.94. The molecule has 0 N–H and O–H groups in total. The summed E-state index contributed by atoms with van der Waals surface area (Å²) in [6.45, 7) is 0. The first-order valence-corrected chi connectivity index (χ1v) is 9.13. The van der Waals surface area contributed by atoms with Gasteiger partial charge in [0.25, 0.3) is 0 Å². The molecule has 0 aromatic heterocycles. The molecule has 0 atom stereocenters. The summed E-state index contributed by atoms with van der Waals surface area (Å²) in [6.07, 6.45) is 0. The maximum absolute atomic E-state index is 12.5. The maximum Gasteiger partial charge on any atom is 0.247 e. The zero-order valence-corrected chi connectivity index (χ0v) is 15.6. The van der Waals surface area contributed by atoms with Gasteiger partial charge in [0.05, 0.1) is 0 Å². The van der Waals surface area contributed by atoms with E-state index in [1.165, 1.54) is 0 Å². The lowest BCUT2D eigenvalue weighted by Crippen LogP contribution is -2.27. The van der Waals surface area contributed by atoms with E-state index in [-0.39, 0.29) is 0 Å². The molecule has 0 bridgehead atoms. The lowest BCUT2D eigenvalue weighted by atomic mass is 9.89. The molecule has 0 saturated heterocycles. The molecular weight excluding hydrogens is 396 g/mol. The standard InChI is InChI=1S/C22H14BrClO/c23-22(21(24)25,19-11-9-15-5-1-3-7-17(15)13-19)20-12-10-16-6-2-4-8-18(16)14-20/h1-14H. The zero-order chi connectivity index (χ0) is 17.4. The predicted molar refractivity (Wildman–Crippen MR) is 108 cm³/mol. The molecular formula is C22H14BrClO. The van der Waals surface area contributed by atoms with Gasteiger partial charge in [-0.05, 0) is 56.4 Å². The maximum atomic E-state index is 12.5. The molecule has 0 heterocycles. The van der Waals surface area contributed by atoms with Crippen molar-refractivity contribution in [2.75, 3.05) is 0 Å². The number of hydrogen-bond acceptors (Lipinski definition) is 1. The van der Waals surface area contributed by atoms with Crippen LogP contribution in [0.15, 0.2) is 84.9 Å². The minimum Gasteiger partial charge on any atom is -0.279 e. The van der Waals surface area contributed by atoms with Gasteiger partial charge < -0.3 is 0 Å². The van der Waals surface area contributed by atoms with Gasteiger partial charge in [0.15, 0.2) is 0 Å². The van der Waals surface area contributed by atoms with Gasteiger partial charge in [-0.15, -0.1) is 0 Å². The first kappa shape index (κ1) is 16.3. The van der Waals surface area contributed by atoms with Crippen molar-refractivity contribution in [3.8, 4) is 0 Å². The Morgan fingerprint density at radius 2 is 1.08 bits per heavy atom. The van der Waals surface area contributed by atoms with Crippen molar-refractivity contribution in [1.82, 2.24) is 0 Å². The second kappa shape index (κ2) is 6.29. The monoisotopic (exact) mass is 408 g/mol. The lowest BCUT2D eigenvalue weighted by Gasteiger charge is -2.25. The van der Waals surface area contributed by atoms with Gasteiger partial charge in [0.1, 0.15) is 4.32 Å². The molecule has 4 aromatic carbocycles. The van der Waals surface area contributed by atoms with Gasteiger partial charge in [-0.2, -0.15) is 0 Å². The largest absolute Gasteiger partial charge is 0.279 e. The van der Waals surface area contributed by atoms with Gasteiger partial charge in [-0.1, -0.05) is 88.7 Å². The van der Waals surface area contributed by atoms with E-state index in [2.05, 4.69) is 15.9 Å². The average molecular weight is 410 g/mol. The smallest absolute Gasteiger partial charge is 0.247 e. The topological polar surface area (TPSA) is 17.1 Å². The number of carbonyl (C=O) groups is 1. The first-order chi connectivity index (χ1) is 12.1. The minimum atomic E-state index is -1.08. The van der Waals surface area contributed by atoms with E-state index in [1.807, 2.05) is 84.9 Å². The fourth-order valence-corrected chi connectivity index (χ4v) is 3.91. The predicted octanol–water partition coefficient (Wildman–Crippen LogP) is 6.40. The molecule has 25 heavy (non-hydrogen) atoms. The normalized spacial score (nSPS) is 11.8. The van der Waals surface area contributed by atoms with Crippen molar-refractivity contribution in [2.45, 2.75) is 4.32 Å². The molecule has 4 aromatic rings. The third-order valence-corrected chi connectivity index (χ3v) is 6.35. The molecule has 1 nitrogen and oxygen atoms in total. The fraction of sp³-hybridized carbons (Fsp3) is 0.0455. The summed E-state index contributed by atoms with van der Waals surface area (Å²) in [4.78, 5) is 12.5. The Bertz CT molecular complexity index is 1020. The van der Waals surface area contributed by atoms with E-state index in [0.717, 1.165) is 32.7 Å². The van der Waals surface area contributed by atoms with Crippen LogP contribution in [0.5, 0.6) is 0 Å². The van der Waals surface area contributed by atoms with Gasteiger partial charge in [-0.3, -0.25) is 4.79 Å². The van der Waals surface area contributed by atoms with Crippen LogP contribution in [0.25, 0.3) is 21.5 Å². The Kier molecular flexibility index (Phi) is 4.10. The highest BCUT2D eigenvalue weighted by Gasteiger charge is 2.38. The Morgan fingerprint density at radius 1 is 0.680 bits per heavy atom. The molecule has 0 spiro atoms. The molecule has 0 radical (unpaired) electrons.